The van der Waals surface area contributed by atoms with Gasteiger partial charge in [0.15, 0.2) is 0 Å². The van der Waals surface area contributed by atoms with E-state index in [4.69, 9.17) is 28.2 Å². The maximum atomic E-state index is 6.19. The van der Waals surface area contributed by atoms with Crippen LogP contribution >= 0.6 is 23.2 Å². The van der Waals surface area contributed by atoms with Crippen LogP contribution in [0.1, 0.15) is 51.5 Å². The van der Waals surface area contributed by atoms with Gasteiger partial charge in [0.2, 0.25) is 0 Å². The first-order valence-electron chi connectivity index (χ1n) is 10.8. The summed E-state index contributed by atoms with van der Waals surface area (Å²) in [7, 11) is 0. The number of benzene rings is 1. The van der Waals surface area contributed by atoms with Crippen LogP contribution in [0.2, 0.25) is 5.02 Å². The summed E-state index contributed by atoms with van der Waals surface area (Å²) in [4.78, 5) is 9.68. The first kappa shape index (κ1) is 24.7. The lowest BCUT2D eigenvalue weighted by Gasteiger charge is -2.35. The predicted molar refractivity (Wildman–Crippen MR) is 133 cm³/mol. The second-order valence-electron chi connectivity index (χ2n) is 8.23. The maximum absolute atomic E-state index is 6.19. The van der Waals surface area contributed by atoms with Gasteiger partial charge in [-0.1, -0.05) is 61.0 Å². The number of hydrogen-bond acceptors (Lipinski definition) is 2. The van der Waals surface area contributed by atoms with Gasteiger partial charge in [-0.2, -0.15) is 0 Å². The van der Waals surface area contributed by atoms with Crippen molar-refractivity contribution in [1.82, 2.24) is 9.80 Å². The topological polar surface area (TPSA) is 18.8 Å². The Bertz CT molecular complexity index is 785. The highest BCUT2D eigenvalue weighted by molar-refractivity contribution is 6.30. The van der Waals surface area contributed by atoms with Gasteiger partial charge in [0.1, 0.15) is 5.84 Å². The Morgan fingerprint density at radius 3 is 2.53 bits per heavy atom. The minimum Gasteiger partial charge on any atom is -0.355 e. The van der Waals surface area contributed by atoms with Crippen molar-refractivity contribution in [1.29, 1.82) is 0 Å². The van der Waals surface area contributed by atoms with E-state index in [0.717, 1.165) is 68.4 Å². The fourth-order valence-electron chi connectivity index (χ4n) is 3.91. The third-order valence-corrected chi connectivity index (χ3v) is 5.57. The molecule has 0 aromatic heterocycles. The largest absolute Gasteiger partial charge is 0.355 e. The Morgan fingerprint density at radius 2 is 1.97 bits per heavy atom. The van der Waals surface area contributed by atoms with Crippen molar-refractivity contribution in [3.8, 4) is 0 Å². The Hall–Kier alpha value is -1.55. The molecule has 0 aliphatic carbocycles. The molecule has 0 spiro atoms. The Morgan fingerprint density at radius 1 is 1.27 bits per heavy atom. The molecule has 1 aliphatic heterocycles. The first-order chi connectivity index (χ1) is 14.3. The van der Waals surface area contributed by atoms with Gasteiger partial charge >= 0.3 is 0 Å². The van der Waals surface area contributed by atoms with Gasteiger partial charge in [-0.05, 0) is 75.9 Å². The van der Waals surface area contributed by atoms with Crippen LogP contribution in [0.15, 0.2) is 64.8 Å². The average molecular weight is 448 g/mol. The van der Waals surface area contributed by atoms with E-state index in [9.17, 15) is 0 Å². The minimum atomic E-state index is 0.569. The molecule has 1 aromatic carbocycles. The number of hydrogen-bond donors (Lipinski definition) is 0. The smallest absolute Gasteiger partial charge is 0.119 e. The van der Waals surface area contributed by atoms with Crippen LogP contribution in [0.5, 0.6) is 0 Å². The summed E-state index contributed by atoms with van der Waals surface area (Å²) >= 11 is 12.2. The highest BCUT2D eigenvalue weighted by Gasteiger charge is 2.23. The number of likely N-dealkylation sites (tertiary alicyclic amines) is 1. The molecule has 0 atom stereocenters. The summed E-state index contributed by atoms with van der Waals surface area (Å²) in [6.45, 7) is 18.9. The van der Waals surface area contributed by atoms with Crippen molar-refractivity contribution < 1.29 is 0 Å². The van der Waals surface area contributed by atoms with Crippen LogP contribution in [0.25, 0.3) is 0 Å². The number of rotatable bonds is 9. The second kappa shape index (κ2) is 12.3. The van der Waals surface area contributed by atoms with E-state index in [1.807, 2.05) is 25.1 Å². The van der Waals surface area contributed by atoms with Gasteiger partial charge in [0.25, 0.3) is 0 Å². The molecule has 2 rings (SSSR count). The summed E-state index contributed by atoms with van der Waals surface area (Å²) in [5.74, 6) is 1.61. The third-order valence-electron chi connectivity index (χ3n) is 5.23. The van der Waals surface area contributed by atoms with Crippen molar-refractivity contribution >= 4 is 29.0 Å². The zero-order valence-corrected chi connectivity index (χ0v) is 20.1. The van der Waals surface area contributed by atoms with E-state index in [0.29, 0.717) is 16.6 Å². The lowest BCUT2D eigenvalue weighted by atomic mass is 9.89. The zero-order chi connectivity index (χ0) is 22.1. The van der Waals surface area contributed by atoms with Crippen LogP contribution in [-0.4, -0.2) is 48.4 Å². The van der Waals surface area contributed by atoms with Crippen LogP contribution in [0, 0.1) is 0 Å². The predicted octanol–water partition coefficient (Wildman–Crippen LogP) is 6.86. The summed E-state index contributed by atoms with van der Waals surface area (Å²) in [5, 5.41) is 1.51. The quantitative estimate of drug-likeness (QED) is 0.178. The van der Waals surface area contributed by atoms with Crippen LogP contribution in [0.3, 0.4) is 0 Å². The summed E-state index contributed by atoms with van der Waals surface area (Å²) in [6.07, 6.45) is 5.13. The average Bonchev–Trinajstić information content (AvgIpc) is 2.67. The summed E-state index contributed by atoms with van der Waals surface area (Å²) in [6, 6.07) is 8.29. The van der Waals surface area contributed by atoms with Crippen molar-refractivity contribution in [2.45, 2.75) is 46.0 Å². The molecule has 0 radical (unpaired) electrons. The second-order valence-corrected chi connectivity index (χ2v) is 9.27. The highest BCUT2D eigenvalue weighted by Crippen LogP contribution is 2.29. The van der Waals surface area contributed by atoms with Crippen LogP contribution in [0.4, 0.5) is 0 Å². The van der Waals surface area contributed by atoms with Crippen molar-refractivity contribution in [3.63, 3.8) is 0 Å². The van der Waals surface area contributed by atoms with Crippen LogP contribution < -0.4 is 0 Å². The molecule has 1 heterocycles. The lowest BCUT2D eigenvalue weighted by molar-refractivity contribution is 0.231. The molecule has 1 fully saturated rings. The SMILES string of the molecule is C=C(C)CN(CCC)C(CN1CCC(c2cccc(Cl)c2)CC1)=NC(=C)/C=C(\C)Cl. The van der Waals surface area contributed by atoms with E-state index < -0.39 is 0 Å². The first-order valence-corrected chi connectivity index (χ1v) is 11.5. The van der Waals surface area contributed by atoms with Crippen molar-refractivity contribution in [2.24, 2.45) is 4.99 Å². The monoisotopic (exact) mass is 447 g/mol. The fourth-order valence-corrected chi connectivity index (χ4v) is 4.24. The number of nitrogens with zero attached hydrogens (tertiary/aromatic N) is 3. The van der Waals surface area contributed by atoms with Gasteiger partial charge in [0, 0.05) is 23.1 Å². The molecule has 0 N–H and O–H groups in total. The Labute approximate surface area is 192 Å². The van der Waals surface area contributed by atoms with Gasteiger partial charge in [-0.25, -0.2) is 4.99 Å². The van der Waals surface area contributed by atoms with Crippen LogP contribution in [-0.2, 0) is 0 Å². The zero-order valence-electron chi connectivity index (χ0n) is 18.6. The summed E-state index contributed by atoms with van der Waals surface area (Å²) < 4.78 is 0. The fraction of sp³-hybridized carbons (Fsp3) is 0.480. The van der Waals surface area contributed by atoms with E-state index in [-0.39, 0.29) is 0 Å². The molecular formula is C25H35Cl2N3. The van der Waals surface area contributed by atoms with E-state index >= 15 is 0 Å². The number of aliphatic imine (C=N–C) groups is 1. The van der Waals surface area contributed by atoms with Crippen molar-refractivity contribution in [2.75, 3.05) is 32.7 Å². The molecule has 1 aromatic rings. The molecular weight excluding hydrogens is 413 g/mol. The normalized spacial score (nSPS) is 16.6. The van der Waals surface area contributed by atoms with Gasteiger partial charge in [-0.15, -0.1) is 0 Å². The van der Waals surface area contributed by atoms with E-state index in [1.165, 1.54) is 5.56 Å². The number of piperidine rings is 1. The third kappa shape index (κ3) is 8.29. The highest BCUT2D eigenvalue weighted by atomic mass is 35.5. The van der Waals surface area contributed by atoms with E-state index in [1.54, 1.807) is 0 Å². The summed E-state index contributed by atoms with van der Waals surface area (Å²) in [5.41, 5.74) is 3.17. The van der Waals surface area contributed by atoms with Crippen molar-refractivity contribution in [3.05, 3.63) is 70.4 Å². The lowest BCUT2D eigenvalue weighted by Crippen LogP contribution is -2.44. The molecule has 0 bridgehead atoms. The standard InChI is InChI=1S/C25H35Cl2N3/c1-6-12-30(17-19(2)3)25(28-21(5)15-20(4)26)18-29-13-10-22(11-14-29)23-8-7-9-24(27)16-23/h7-9,15-16,22H,2,5-6,10-14,17-18H2,1,3-4H3/b20-15+,28-25?. The molecule has 0 saturated carbocycles. The van der Waals surface area contributed by atoms with Gasteiger partial charge in [-0.3, -0.25) is 4.90 Å². The molecule has 3 nitrogen and oxygen atoms in total. The molecule has 5 heteroatoms. The maximum Gasteiger partial charge on any atom is 0.119 e. The van der Waals surface area contributed by atoms with E-state index in [2.05, 4.69) is 48.9 Å². The number of amidine groups is 1. The molecule has 164 valence electrons. The number of halogens is 2. The van der Waals surface area contributed by atoms with Gasteiger partial charge in [0.05, 0.1) is 12.2 Å². The Kier molecular flexibility index (Phi) is 10.2. The number of allylic oxidation sites excluding steroid dienone is 2. The molecule has 1 aliphatic rings. The molecule has 0 unspecified atom stereocenters. The molecule has 30 heavy (non-hydrogen) atoms. The molecule has 1 saturated heterocycles. The van der Waals surface area contributed by atoms with Gasteiger partial charge < -0.3 is 4.90 Å². The molecule has 0 amide bonds. The minimum absolute atomic E-state index is 0.569. The Balaban J connectivity index is 2.11.